The zero-order chi connectivity index (χ0) is 19.6. The van der Waals surface area contributed by atoms with Gasteiger partial charge >= 0.3 is 0 Å². The van der Waals surface area contributed by atoms with E-state index < -0.39 is 41.3 Å². The van der Waals surface area contributed by atoms with E-state index in [9.17, 15) is 20.1 Å². The van der Waals surface area contributed by atoms with Crippen LogP contribution in [0.4, 0.5) is 0 Å². The Morgan fingerprint density at radius 1 is 1.35 bits per heavy atom. The molecule has 0 spiro atoms. The number of thioether (sulfide) groups is 1. The van der Waals surface area contributed by atoms with Gasteiger partial charge in [-0.2, -0.15) is 0 Å². The lowest BCUT2D eigenvalue weighted by molar-refractivity contribution is -0.205. The fourth-order valence-corrected chi connectivity index (χ4v) is 4.68. The maximum Gasteiger partial charge on any atom is 0.237 e. The predicted molar refractivity (Wildman–Crippen MR) is 102 cm³/mol. The van der Waals surface area contributed by atoms with Crippen molar-refractivity contribution in [1.82, 2.24) is 10.2 Å². The van der Waals surface area contributed by atoms with Gasteiger partial charge in [-0.25, -0.2) is 0 Å². The van der Waals surface area contributed by atoms with Crippen molar-refractivity contribution in [3.63, 3.8) is 0 Å². The van der Waals surface area contributed by atoms with Crippen molar-refractivity contribution < 1.29 is 24.9 Å². The molecule has 9 atom stereocenters. The number of halogens is 1. The molecule has 2 saturated heterocycles. The summed E-state index contributed by atoms with van der Waals surface area (Å²) in [5.74, 6) is 0.329. The number of aliphatic hydroxyl groups excluding tert-OH is 3. The minimum absolute atomic E-state index is 0.155. The summed E-state index contributed by atoms with van der Waals surface area (Å²) >= 11 is 7.52. The molecule has 0 aromatic carbocycles. The number of alkyl halides is 1. The molecule has 0 aromatic rings. The molecule has 9 unspecified atom stereocenters. The third kappa shape index (κ3) is 4.66. The Bertz CT molecular complexity index is 484. The molecule has 0 aromatic heterocycles. The third-order valence-electron chi connectivity index (χ3n) is 5.51. The van der Waals surface area contributed by atoms with Gasteiger partial charge in [0.15, 0.2) is 0 Å². The normalized spacial score (nSPS) is 41.0. The second-order valence-corrected chi connectivity index (χ2v) is 8.98. The predicted octanol–water partition coefficient (Wildman–Crippen LogP) is -0.000600. The second kappa shape index (κ2) is 9.41. The number of hydrogen-bond acceptors (Lipinski definition) is 7. The number of amides is 1. The summed E-state index contributed by atoms with van der Waals surface area (Å²) < 4.78 is 5.78. The van der Waals surface area contributed by atoms with E-state index in [0.717, 1.165) is 19.4 Å². The van der Waals surface area contributed by atoms with Crippen molar-refractivity contribution in [2.45, 2.75) is 74.0 Å². The van der Waals surface area contributed by atoms with Gasteiger partial charge in [0.1, 0.15) is 29.9 Å². The molecule has 0 bridgehead atoms. The maximum absolute atomic E-state index is 12.8. The van der Waals surface area contributed by atoms with E-state index in [0.29, 0.717) is 5.92 Å². The Morgan fingerprint density at radius 2 is 2.00 bits per heavy atom. The van der Waals surface area contributed by atoms with Gasteiger partial charge in [0.05, 0.1) is 17.5 Å². The molecule has 152 valence electrons. The highest BCUT2D eigenvalue weighted by molar-refractivity contribution is 7.99. The van der Waals surface area contributed by atoms with Crippen LogP contribution in [-0.4, -0.2) is 93.3 Å². The number of ether oxygens (including phenoxy) is 1. The van der Waals surface area contributed by atoms with Gasteiger partial charge < -0.3 is 25.4 Å². The van der Waals surface area contributed by atoms with Gasteiger partial charge in [-0.05, 0) is 32.6 Å². The summed E-state index contributed by atoms with van der Waals surface area (Å²) in [5, 5.41) is 32.9. The molecular formula is C17H31ClN2O5S. The summed E-state index contributed by atoms with van der Waals surface area (Å²) in [5.41, 5.74) is -0.702. The average Bonchev–Trinajstić information content (AvgIpc) is 2.99. The Balaban J connectivity index is 2.11. The van der Waals surface area contributed by atoms with E-state index in [-0.39, 0.29) is 11.9 Å². The minimum Gasteiger partial charge on any atom is -0.388 e. The number of carbonyl (C=O) groups is 1. The lowest BCUT2D eigenvalue weighted by atomic mass is 9.92. The highest BCUT2D eigenvalue weighted by atomic mass is 35.5. The summed E-state index contributed by atoms with van der Waals surface area (Å²) in [7, 11) is 1.93. The van der Waals surface area contributed by atoms with Gasteiger partial charge in [-0.3, -0.25) is 9.69 Å². The third-order valence-corrected chi connectivity index (χ3v) is 6.64. The zero-order valence-electron chi connectivity index (χ0n) is 15.7. The van der Waals surface area contributed by atoms with Crippen LogP contribution < -0.4 is 5.32 Å². The minimum atomic E-state index is -1.36. The lowest BCUT2D eigenvalue weighted by Crippen LogP contribution is -2.65. The topological polar surface area (TPSA) is 102 Å². The number of hydrogen-bond donors (Lipinski definition) is 4. The second-order valence-electron chi connectivity index (χ2n) is 7.35. The average molecular weight is 411 g/mol. The summed E-state index contributed by atoms with van der Waals surface area (Å²) in [6.45, 7) is 4.70. The molecule has 26 heavy (non-hydrogen) atoms. The number of nitrogens with one attached hydrogen (secondary N) is 1. The first-order valence-corrected chi connectivity index (χ1v) is 10.8. The fourth-order valence-electron chi connectivity index (χ4n) is 3.79. The van der Waals surface area contributed by atoms with Crippen LogP contribution in [0.25, 0.3) is 0 Å². The van der Waals surface area contributed by atoms with Crippen LogP contribution in [0.5, 0.6) is 0 Å². The van der Waals surface area contributed by atoms with Crippen molar-refractivity contribution in [1.29, 1.82) is 0 Å². The largest absolute Gasteiger partial charge is 0.388 e. The van der Waals surface area contributed by atoms with Gasteiger partial charge in [0.2, 0.25) is 5.91 Å². The van der Waals surface area contributed by atoms with Crippen LogP contribution >= 0.6 is 23.4 Å². The molecule has 2 fully saturated rings. The summed E-state index contributed by atoms with van der Waals surface area (Å²) in [4.78, 5) is 14.8. The maximum atomic E-state index is 12.8. The molecule has 1 amide bonds. The summed E-state index contributed by atoms with van der Waals surface area (Å²) in [6, 6.07) is -0.935. The van der Waals surface area contributed by atoms with Gasteiger partial charge in [0, 0.05) is 6.54 Å². The Morgan fingerprint density at radius 3 is 2.50 bits per heavy atom. The van der Waals surface area contributed by atoms with E-state index >= 15 is 0 Å². The number of likely N-dealkylation sites (N-methyl/N-ethyl adjacent to an activating group) is 1. The van der Waals surface area contributed by atoms with Crippen molar-refractivity contribution in [3.05, 3.63) is 0 Å². The quantitative estimate of drug-likeness (QED) is 0.457. The van der Waals surface area contributed by atoms with Crippen molar-refractivity contribution in [2.75, 3.05) is 19.8 Å². The molecule has 2 heterocycles. The van der Waals surface area contributed by atoms with Crippen LogP contribution in [0.2, 0.25) is 0 Å². The number of carbonyl (C=O) groups excluding carboxylic acids is 1. The standard InChI is InChI=1S/C17H31ClN2O5S/c1-5-9-6-10(20(3)7-9)16(24)19-11(8(2)18)15-13(22)12(21)14(23)17(25-15)26-4/h8-15,17,21-23H,5-7H2,1-4H3,(H,19,24). The summed E-state index contributed by atoms with van der Waals surface area (Å²) in [6.07, 6.45) is -1.27. The molecule has 4 N–H and O–H groups in total. The molecule has 9 heteroatoms. The highest BCUT2D eigenvalue weighted by Gasteiger charge is 2.48. The van der Waals surface area contributed by atoms with Crippen LogP contribution in [0, 0.1) is 5.92 Å². The van der Waals surface area contributed by atoms with E-state index in [1.807, 2.05) is 11.9 Å². The van der Waals surface area contributed by atoms with Gasteiger partial charge in [-0.15, -0.1) is 23.4 Å². The molecule has 0 saturated carbocycles. The van der Waals surface area contributed by atoms with E-state index in [1.54, 1.807) is 13.2 Å². The molecule has 2 aliphatic heterocycles. The first-order valence-electron chi connectivity index (χ1n) is 9.08. The molecule has 0 aliphatic carbocycles. The van der Waals surface area contributed by atoms with Crippen LogP contribution in [0.1, 0.15) is 26.7 Å². The number of rotatable bonds is 6. The first kappa shape index (κ1) is 22.2. The van der Waals surface area contributed by atoms with Crippen molar-refractivity contribution in [3.8, 4) is 0 Å². The first-order chi connectivity index (χ1) is 12.2. The number of nitrogens with zero attached hydrogens (tertiary/aromatic N) is 1. The van der Waals surface area contributed by atoms with Gasteiger partial charge in [0.25, 0.3) is 0 Å². The van der Waals surface area contributed by atoms with E-state index in [4.69, 9.17) is 16.3 Å². The lowest BCUT2D eigenvalue weighted by Gasteiger charge is -2.44. The monoisotopic (exact) mass is 410 g/mol. The molecule has 0 radical (unpaired) electrons. The van der Waals surface area contributed by atoms with Crippen molar-refractivity contribution >= 4 is 29.3 Å². The molecule has 7 nitrogen and oxygen atoms in total. The van der Waals surface area contributed by atoms with Gasteiger partial charge in [-0.1, -0.05) is 13.3 Å². The smallest absolute Gasteiger partial charge is 0.237 e. The number of aliphatic hydroxyl groups is 3. The van der Waals surface area contributed by atoms with Crippen LogP contribution in [0.3, 0.4) is 0 Å². The van der Waals surface area contributed by atoms with Crippen LogP contribution in [0.15, 0.2) is 0 Å². The molecule has 2 rings (SSSR count). The zero-order valence-corrected chi connectivity index (χ0v) is 17.3. The molecular weight excluding hydrogens is 380 g/mol. The SMILES string of the molecule is CCC1CC(C(=O)NC(C(C)Cl)C2OC(SC)C(O)C(O)C2O)N(C)C1. The fraction of sp³-hybridized carbons (Fsp3) is 0.941. The Labute approximate surface area is 164 Å². The van der Waals surface area contributed by atoms with Crippen molar-refractivity contribution in [2.24, 2.45) is 5.92 Å². The van der Waals surface area contributed by atoms with E-state index in [2.05, 4.69) is 12.2 Å². The Kier molecular flexibility index (Phi) is 8.03. The van der Waals surface area contributed by atoms with Crippen LogP contribution in [-0.2, 0) is 9.53 Å². The Hall–Kier alpha value is -0.0900. The number of likely N-dealkylation sites (tertiary alicyclic amines) is 1. The highest BCUT2D eigenvalue weighted by Crippen LogP contribution is 2.31. The van der Waals surface area contributed by atoms with E-state index in [1.165, 1.54) is 11.8 Å². The molecule has 2 aliphatic rings.